The van der Waals surface area contributed by atoms with Crippen LogP contribution in [0.5, 0.6) is 0 Å². The van der Waals surface area contributed by atoms with E-state index in [-0.39, 0.29) is 0 Å². The van der Waals surface area contributed by atoms with Crippen molar-refractivity contribution in [2.45, 2.75) is 6.42 Å². The first-order valence-electron chi connectivity index (χ1n) is 7.74. The monoisotopic (exact) mass is 407 g/mol. The van der Waals surface area contributed by atoms with Gasteiger partial charge in [0.05, 0.1) is 16.4 Å². The van der Waals surface area contributed by atoms with Crippen LogP contribution in [0.4, 0.5) is 5.82 Å². The van der Waals surface area contributed by atoms with Gasteiger partial charge in [0, 0.05) is 23.2 Å². The lowest BCUT2D eigenvalue weighted by Crippen LogP contribution is -2.17. The number of fused-ring (bicyclic) bond motifs is 1. The molecule has 0 spiro atoms. The molecule has 0 saturated carbocycles. The predicted octanol–water partition coefficient (Wildman–Crippen LogP) is 4.18. The number of anilines is 1. The second kappa shape index (κ2) is 7.51. The van der Waals surface area contributed by atoms with Gasteiger partial charge in [-0.1, -0.05) is 29.8 Å². The molecule has 1 aromatic carbocycles. The molecule has 0 bridgehead atoms. The number of benzene rings is 1. The van der Waals surface area contributed by atoms with Crippen molar-refractivity contribution in [3.05, 3.63) is 46.0 Å². The Morgan fingerprint density at radius 1 is 1.29 bits per heavy atom. The summed E-state index contributed by atoms with van der Waals surface area (Å²) in [5.41, 5.74) is 2.50. The number of aromatic nitrogens is 3. The topological polar surface area (TPSA) is 45.5 Å². The first kappa shape index (κ1) is 17.2. The fraction of sp³-hybridized carbons (Fsp3) is 0.294. The molecule has 7 heteroatoms. The number of hydrogen-bond acceptors (Lipinski definition) is 4. The zero-order chi connectivity index (χ0) is 17.1. The maximum Gasteiger partial charge on any atom is 0.172 e. The lowest BCUT2D eigenvalue weighted by Gasteiger charge is -2.13. The van der Waals surface area contributed by atoms with Crippen molar-refractivity contribution in [2.75, 3.05) is 32.5 Å². The number of hydrogen-bond donors (Lipinski definition) is 1. The normalized spacial score (nSPS) is 11.4. The van der Waals surface area contributed by atoms with Crippen LogP contribution in [0.15, 0.2) is 41.0 Å². The van der Waals surface area contributed by atoms with Crippen molar-refractivity contribution in [2.24, 2.45) is 0 Å². The molecule has 0 unspecified atom stereocenters. The number of halogens is 2. The van der Waals surface area contributed by atoms with Crippen molar-refractivity contribution in [1.29, 1.82) is 0 Å². The van der Waals surface area contributed by atoms with E-state index in [1.54, 1.807) is 10.7 Å². The third-order valence-electron chi connectivity index (χ3n) is 3.67. The lowest BCUT2D eigenvalue weighted by atomic mass is 10.1. The van der Waals surface area contributed by atoms with Crippen LogP contribution in [0.1, 0.15) is 6.42 Å². The van der Waals surface area contributed by atoms with Crippen LogP contribution < -0.4 is 5.32 Å². The van der Waals surface area contributed by atoms with Gasteiger partial charge < -0.3 is 10.2 Å². The van der Waals surface area contributed by atoms with Crippen LogP contribution in [0.3, 0.4) is 0 Å². The molecule has 24 heavy (non-hydrogen) atoms. The Labute approximate surface area is 154 Å². The van der Waals surface area contributed by atoms with Gasteiger partial charge in [-0.05, 0) is 49.1 Å². The minimum atomic E-state index is 0.684. The SMILES string of the molecule is CN(C)CCCNc1cc(-c2ccccc2Cl)nc2c(Br)cnn12. The van der Waals surface area contributed by atoms with Gasteiger partial charge in [-0.25, -0.2) is 4.98 Å². The highest BCUT2D eigenvalue weighted by Crippen LogP contribution is 2.30. The first-order chi connectivity index (χ1) is 11.6. The fourth-order valence-corrected chi connectivity index (χ4v) is 3.06. The minimum absolute atomic E-state index is 0.684. The molecule has 0 amide bonds. The molecule has 2 heterocycles. The Bertz CT molecular complexity index is 846. The Morgan fingerprint density at radius 2 is 2.08 bits per heavy atom. The van der Waals surface area contributed by atoms with E-state index in [9.17, 15) is 0 Å². The molecular formula is C17H19BrClN5. The molecule has 0 aliphatic carbocycles. The highest BCUT2D eigenvalue weighted by molar-refractivity contribution is 9.10. The summed E-state index contributed by atoms with van der Waals surface area (Å²) in [7, 11) is 4.15. The molecule has 0 fully saturated rings. The second-order valence-electron chi connectivity index (χ2n) is 5.82. The standard InChI is InChI=1S/C17H19BrClN5/c1-23(2)9-5-8-20-16-10-15(12-6-3-4-7-14(12)19)22-17-13(18)11-21-24(16)17/h3-4,6-7,10-11,20H,5,8-9H2,1-2H3. The van der Waals surface area contributed by atoms with Crippen LogP contribution in [-0.4, -0.2) is 46.7 Å². The van der Waals surface area contributed by atoms with Gasteiger partial charge in [-0.2, -0.15) is 9.61 Å². The van der Waals surface area contributed by atoms with Gasteiger partial charge in [0.15, 0.2) is 5.65 Å². The van der Waals surface area contributed by atoms with E-state index in [0.717, 1.165) is 46.7 Å². The van der Waals surface area contributed by atoms with E-state index >= 15 is 0 Å². The largest absolute Gasteiger partial charge is 0.370 e. The van der Waals surface area contributed by atoms with Crippen molar-refractivity contribution >= 4 is 39.0 Å². The van der Waals surface area contributed by atoms with Crippen LogP contribution in [0.25, 0.3) is 16.9 Å². The summed E-state index contributed by atoms with van der Waals surface area (Å²) in [6.45, 7) is 1.89. The maximum absolute atomic E-state index is 6.34. The summed E-state index contributed by atoms with van der Waals surface area (Å²) in [5, 5.41) is 8.53. The van der Waals surface area contributed by atoms with Crippen molar-refractivity contribution < 1.29 is 0 Å². The molecule has 5 nitrogen and oxygen atoms in total. The van der Waals surface area contributed by atoms with E-state index in [0.29, 0.717) is 5.02 Å². The Hall–Kier alpha value is -1.63. The predicted molar refractivity (Wildman–Crippen MR) is 103 cm³/mol. The lowest BCUT2D eigenvalue weighted by molar-refractivity contribution is 0.405. The molecular weight excluding hydrogens is 390 g/mol. The number of rotatable bonds is 6. The summed E-state index contributed by atoms with van der Waals surface area (Å²) >= 11 is 9.85. The molecule has 3 rings (SSSR count). The Kier molecular flexibility index (Phi) is 5.38. The van der Waals surface area contributed by atoms with E-state index in [1.165, 1.54) is 0 Å². The molecule has 0 aliphatic rings. The van der Waals surface area contributed by atoms with Crippen molar-refractivity contribution in [3.63, 3.8) is 0 Å². The van der Waals surface area contributed by atoms with Crippen molar-refractivity contribution in [1.82, 2.24) is 19.5 Å². The van der Waals surface area contributed by atoms with E-state index in [2.05, 4.69) is 45.3 Å². The molecule has 0 radical (unpaired) electrons. The number of nitrogens with zero attached hydrogens (tertiary/aromatic N) is 4. The van der Waals surface area contributed by atoms with Crippen LogP contribution in [0, 0.1) is 0 Å². The molecule has 126 valence electrons. The number of nitrogens with one attached hydrogen (secondary N) is 1. The maximum atomic E-state index is 6.34. The van der Waals surface area contributed by atoms with Gasteiger partial charge in [0.25, 0.3) is 0 Å². The average Bonchev–Trinajstić information content (AvgIpc) is 2.93. The molecule has 0 atom stereocenters. The highest BCUT2D eigenvalue weighted by atomic mass is 79.9. The summed E-state index contributed by atoms with van der Waals surface area (Å²) in [6.07, 6.45) is 2.80. The highest BCUT2D eigenvalue weighted by Gasteiger charge is 2.12. The molecule has 0 saturated heterocycles. The zero-order valence-electron chi connectivity index (χ0n) is 13.6. The zero-order valence-corrected chi connectivity index (χ0v) is 16.0. The molecule has 2 aromatic heterocycles. The van der Waals surface area contributed by atoms with Crippen LogP contribution >= 0.6 is 27.5 Å². The van der Waals surface area contributed by atoms with Crippen LogP contribution in [0.2, 0.25) is 5.02 Å². The van der Waals surface area contributed by atoms with Gasteiger partial charge in [-0.15, -0.1) is 0 Å². The van der Waals surface area contributed by atoms with E-state index < -0.39 is 0 Å². The molecule has 0 aliphatic heterocycles. The van der Waals surface area contributed by atoms with Gasteiger partial charge in [-0.3, -0.25) is 0 Å². The van der Waals surface area contributed by atoms with Crippen LogP contribution in [-0.2, 0) is 0 Å². The fourth-order valence-electron chi connectivity index (χ4n) is 2.48. The van der Waals surface area contributed by atoms with E-state index in [1.807, 2.05) is 30.3 Å². The Morgan fingerprint density at radius 3 is 2.83 bits per heavy atom. The average molecular weight is 409 g/mol. The summed E-state index contributed by atoms with van der Waals surface area (Å²) in [4.78, 5) is 6.87. The summed E-state index contributed by atoms with van der Waals surface area (Å²) in [5.74, 6) is 0.902. The smallest absolute Gasteiger partial charge is 0.172 e. The molecule has 1 N–H and O–H groups in total. The van der Waals surface area contributed by atoms with Gasteiger partial charge in [0.1, 0.15) is 5.82 Å². The minimum Gasteiger partial charge on any atom is -0.370 e. The second-order valence-corrected chi connectivity index (χ2v) is 7.08. The van der Waals surface area contributed by atoms with E-state index in [4.69, 9.17) is 16.6 Å². The molecule has 3 aromatic rings. The first-order valence-corrected chi connectivity index (χ1v) is 8.91. The summed E-state index contributed by atoms with van der Waals surface area (Å²) in [6, 6.07) is 9.71. The summed E-state index contributed by atoms with van der Waals surface area (Å²) < 4.78 is 2.66. The van der Waals surface area contributed by atoms with Gasteiger partial charge >= 0.3 is 0 Å². The third kappa shape index (κ3) is 3.71. The third-order valence-corrected chi connectivity index (χ3v) is 4.56. The van der Waals surface area contributed by atoms with Gasteiger partial charge in [0.2, 0.25) is 0 Å². The van der Waals surface area contributed by atoms with Crippen molar-refractivity contribution in [3.8, 4) is 11.3 Å². The Balaban J connectivity index is 1.96. The quantitative estimate of drug-likeness (QED) is 0.622.